The highest BCUT2D eigenvalue weighted by Crippen LogP contribution is 2.21. The molecular formula is C9H16N2O4S. The van der Waals surface area contributed by atoms with Crippen molar-refractivity contribution >= 4 is 21.7 Å². The van der Waals surface area contributed by atoms with Gasteiger partial charge in [0.2, 0.25) is 11.8 Å². The standard InChI is InChI=1S/C9H16N2O4S/c1-16(14,15)5-3-7-2-4-11(9(7)13)6-8(10)12/h7H,2-6H2,1H3,(H2,10,12). The first-order chi connectivity index (χ1) is 7.29. The van der Waals surface area contributed by atoms with Crippen LogP contribution in [0.3, 0.4) is 0 Å². The third-order valence-electron chi connectivity index (χ3n) is 2.59. The van der Waals surface area contributed by atoms with E-state index in [1.54, 1.807) is 0 Å². The first kappa shape index (κ1) is 13.0. The third kappa shape index (κ3) is 3.80. The van der Waals surface area contributed by atoms with Gasteiger partial charge in [-0.3, -0.25) is 9.59 Å². The Morgan fingerprint density at radius 2 is 2.19 bits per heavy atom. The van der Waals surface area contributed by atoms with Crippen LogP contribution in [0.4, 0.5) is 0 Å². The SMILES string of the molecule is CS(=O)(=O)CCC1CCN(CC(N)=O)C1=O. The molecule has 1 heterocycles. The predicted molar refractivity (Wildman–Crippen MR) is 58.2 cm³/mol. The second kappa shape index (κ2) is 4.82. The summed E-state index contributed by atoms with van der Waals surface area (Å²) in [4.78, 5) is 23.7. The molecule has 16 heavy (non-hydrogen) atoms. The Morgan fingerprint density at radius 3 is 2.69 bits per heavy atom. The third-order valence-corrected chi connectivity index (χ3v) is 3.57. The lowest BCUT2D eigenvalue weighted by atomic mass is 10.1. The van der Waals surface area contributed by atoms with E-state index >= 15 is 0 Å². The van der Waals surface area contributed by atoms with Gasteiger partial charge >= 0.3 is 0 Å². The van der Waals surface area contributed by atoms with Crippen molar-refractivity contribution < 1.29 is 18.0 Å². The van der Waals surface area contributed by atoms with Crippen LogP contribution in [0.1, 0.15) is 12.8 Å². The summed E-state index contributed by atoms with van der Waals surface area (Å²) in [6, 6.07) is 0. The molecule has 6 nitrogen and oxygen atoms in total. The monoisotopic (exact) mass is 248 g/mol. The number of hydrogen-bond acceptors (Lipinski definition) is 4. The minimum Gasteiger partial charge on any atom is -0.368 e. The second-order valence-electron chi connectivity index (χ2n) is 4.13. The molecule has 1 rings (SSSR count). The van der Waals surface area contributed by atoms with Crippen LogP contribution < -0.4 is 5.73 Å². The van der Waals surface area contributed by atoms with Crippen LogP contribution in [-0.4, -0.2) is 50.2 Å². The molecule has 0 aromatic rings. The van der Waals surface area contributed by atoms with E-state index in [9.17, 15) is 18.0 Å². The molecule has 2 N–H and O–H groups in total. The molecule has 0 saturated carbocycles. The molecule has 0 aromatic carbocycles. The molecule has 7 heteroatoms. The molecule has 1 unspecified atom stereocenters. The summed E-state index contributed by atoms with van der Waals surface area (Å²) in [6.45, 7) is 0.407. The van der Waals surface area contributed by atoms with Crippen LogP contribution in [0.5, 0.6) is 0 Å². The molecular weight excluding hydrogens is 232 g/mol. The summed E-state index contributed by atoms with van der Waals surface area (Å²) >= 11 is 0. The molecule has 1 fully saturated rings. The van der Waals surface area contributed by atoms with Gasteiger partial charge in [0.15, 0.2) is 0 Å². The maximum absolute atomic E-state index is 11.7. The van der Waals surface area contributed by atoms with Gasteiger partial charge in [-0.05, 0) is 12.8 Å². The predicted octanol–water partition coefficient (Wildman–Crippen LogP) is -1.25. The van der Waals surface area contributed by atoms with Crippen LogP contribution >= 0.6 is 0 Å². The van der Waals surface area contributed by atoms with E-state index in [0.717, 1.165) is 6.26 Å². The number of carbonyl (C=O) groups is 2. The largest absolute Gasteiger partial charge is 0.368 e. The topological polar surface area (TPSA) is 97.5 Å². The number of sulfone groups is 1. The summed E-state index contributed by atoms with van der Waals surface area (Å²) in [7, 11) is -3.04. The van der Waals surface area contributed by atoms with Gasteiger partial charge in [-0.15, -0.1) is 0 Å². The Labute approximate surface area is 94.7 Å². The molecule has 0 bridgehead atoms. The lowest BCUT2D eigenvalue weighted by Gasteiger charge is -2.14. The Kier molecular flexibility index (Phi) is 3.90. The van der Waals surface area contributed by atoms with Crippen molar-refractivity contribution in [1.29, 1.82) is 0 Å². The summed E-state index contributed by atoms with van der Waals surface area (Å²) in [5.41, 5.74) is 4.99. The van der Waals surface area contributed by atoms with Gasteiger partial charge in [0.25, 0.3) is 0 Å². The van der Waals surface area contributed by atoms with Crippen molar-refractivity contribution in [2.24, 2.45) is 11.7 Å². The minimum absolute atomic E-state index is 0.00776. The van der Waals surface area contributed by atoms with Crippen molar-refractivity contribution in [1.82, 2.24) is 4.90 Å². The van der Waals surface area contributed by atoms with Crippen LogP contribution in [0.2, 0.25) is 0 Å². The summed E-state index contributed by atoms with van der Waals surface area (Å²) in [6.07, 6.45) is 2.07. The van der Waals surface area contributed by atoms with E-state index in [0.29, 0.717) is 19.4 Å². The first-order valence-electron chi connectivity index (χ1n) is 5.04. The molecule has 1 saturated heterocycles. The van der Waals surface area contributed by atoms with Gasteiger partial charge in [-0.1, -0.05) is 0 Å². The van der Waals surface area contributed by atoms with E-state index in [2.05, 4.69) is 0 Å². The fourth-order valence-electron chi connectivity index (χ4n) is 1.77. The molecule has 92 valence electrons. The fourth-order valence-corrected chi connectivity index (χ4v) is 2.49. The van der Waals surface area contributed by atoms with Gasteiger partial charge in [-0.2, -0.15) is 0 Å². The molecule has 2 amide bonds. The molecule has 0 aliphatic carbocycles. The minimum atomic E-state index is -3.04. The highest BCUT2D eigenvalue weighted by Gasteiger charge is 2.32. The van der Waals surface area contributed by atoms with E-state index in [4.69, 9.17) is 5.73 Å². The van der Waals surface area contributed by atoms with Crippen LogP contribution in [0.15, 0.2) is 0 Å². The molecule has 0 spiro atoms. The summed E-state index contributed by atoms with van der Waals surface area (Å²) < 4.78 is 21.9. The van der Waals surface area contributed by atoms with Crippen molar-refractivity contribution in [3.63, 3.8) is 0 Å². The zero-order chi connectivity index (χ0) is 12.3. The smallest absolute Gasteiger partial charge is 0.237 e. The van der Waals surface area contributed by atoms with Crippen molar-refractivity contribution in [3.8, 4) is 0 Å². The molecule has 1 aliphatic rings. The van der Waals surface area contributed by atoms with E-state index in [-0.39, 0.29) is 24.1 Å². The average Bonchev–Trinajstić information content (AvgIpc) is 2.43. The van der Waals surface area contributed by atoms with Gasteiger partial charge in [0, 0.05) is 18.7 Å². The Hall–Kier alpha value is -1.11. The van der Waals surface area contributed by atoms with E-state index < -0.39 is 15.7 Å². The fraction of sp³-hybridized carbons (Fsp3) is 0.778. The first-order valence-corrected chi connectivity index (χ1v) is 7.10. The number of primary amides is 1. The Morgan fingerprint density at radius 1 is 1.56 bits per heavy atom. The number of carbonyl (C=O) groups excluding carboxylic acids is 2. The van der Waals surface area contributed by atoms with Gasteiger partial charge in [0.1, 0.15) is 9.84 Å². The highest BCUT2D eigenvalue weighted by molar-refractivity contribution is 7.90. The van der Waals surface area contributed by atoms with Crippen LogP contribution in [-0.2, 0) is 19.4 Å². The highest BCUT2D eigenvalue weighted by atomic mass is 32.2. The molecule has 0 aromatic heterocycles. The zero-order valence-electron chi connectivity index (χ0n) is 9.18. The van der Waals surface area contributed by atoms with Crippen molar-refractivity contribution in [2.75, 3.05) is 25.1 Å². The molecule has 0 radical (unpaired) electrons. The summed E-state index contributed by atoms with van der Waals surface area (Å²) in [5, 5.41) is 0. The second-order valence-corrected chi connectivity index (χ2v) is 6.39. The Balaban J connectivity index is 2.48. The van der Waals surface area contributed by atoms with E-state index in [1.165, 1.54) is 4.90 Å². The van der Waals surface area contributed by atoms with Crippen LogP contribution in [0, 0.1) is 5.92 Å². The van der Waals surface area contributed by atoms with Crippen molar-refractivity contribution in [2.45, 2.75) is 12.8 Å². The lowest BCUT2D eigenvalue weighted by Crippen LogP contribution is -2.36. The van der Waals surface area contributed by atoms with Crippen LogP contribution in [0.25, 0.3) is 0 Å². The van der Waals surface area contributed by atoms with Crippen molar-refractivity contribution in [3.05, 3.63) is 0 Å². The number of rotatable bonds is 5. The maximum Gasteiger partial charge on any atom is 0.237 e. The van der Waals surface area contributed by atoms with Gasteiger partial charge in [0.05, 0.1) is 12.3 Å². The zero-order valence-corrected chi connectivity index (χ0v) is 10.00. The maximum atomic E-state index is 11.7. The van der Waals surface area contributed by atoms with Gasteiger partial charge in [-0.25, -0.2) is 8.42 Å². The lowest BCUT2D eigenvalue weighted by molar-refractivity contribution is -0.134. The number of nitrogens with zero attached hydrogens (tertiary/aromatic N) is 1. The molecule has 1 atom stereocenters. The molecule has 1 aliphatic heterocycles. The quantitative estimate of drug-likeness (QED) is 0.657. The number of nitrogens with two attached hydrogens (primary N) is 1. The number of amides is 2. The van der Waals surface area contributed by atoms with Gasteiger partial charge < -0.3 is 10.6 Å². The normalized spacial score (nSPS) is 21.4. The number of hydrogen-bond donors (Lipinski definition) is 1. The summed E-state index contributed by atoms with van der Waals surface area (Å²) in [5.74, 6) is -0.984. The number of likely N-dealkylation sites (tertiary alicyclic amines) is 1. The average molecular weight is 248 g/mol. The van der Waals surface area contributed by atoms with E-state index in [1.807, 2.05) is 0 Å². The Bertz CT molecular complexity index is 390.